The summed E-state index contributed by atoms with van der Waals surface area (Å²) in [7, 11) is 0. The lowest BCUT2D eigenvalue weighted by Gasteiger charge is -2.15. The Bertz CT molecular complexity index is 126. The lowest BCUT2D eigenvalue weighted by Crippen LogP contribution is -2.24. The van der Waals surface area contributed by atoms with Gasteiger partial charge in [0.15, 0.2) is 0 Å². The molecule has 1 fully saturated rings. The Labute approximate surface area is 70.7 Å². The first-order valence-corrected chi connectivity index (χ1v) is 3.87. The zero-order valence-electron chi connectivity index (χ0n) is 6.06. The summed E-state index contributed by atoms with van der Waals surface area (Å²) in [5.41, 5.74) is -0.385. The highest BCUT2D eigenvalue weighted by Crippen LogP contribution is 2.43. The zero-order valence-corrected chi connectivity index (χ0v) is 6.96. The van der Waals surface area contributed by atoms with Gasteiger partial charge in [0.25, 0.3) is 0 Å². The summed E-state index contributed by atoms with van der Waals surface area (Å²) < 4.78 is 4.22. The zero-order chi connectivity index (χ0) is 8.32. The fourth-order valence-corrected chi connectivity index (χ4v) is 1.19. The molecule has 0 heterocycles. The average molecular weight is 180 g/mol. The molecule has 0 saturated heterocycles. The lowest BCUT2D eigenvalue weighted by atomic mass is 10.1. The summed E-state index contributed by atoms with van der Waals surface area (Å²) in [4.78, 5) is 4.81. The maximum Gasteiger partial charge on any atom is 0.108 e. The highest BCUT2D eigenvalue weighted by Gasteiger charge is 2.47. The van der Waals surface area contributed by atoms with Crippen molar-refractivity contribution in [2.45, 2.75) is 31.0 Å². The van der Waals surface area contributed by atoms with Crippen LogP contribution in [0.3, 0.4) is 0 Å². The monoisotopic (exact) mass is 180 g/mol. The van der Waals surface area contributed by atoms with Gasteiger partial charge in [-0.1, -0.05) is 0 Å². The van der Waals surface area contributed by atoms with E-state index in [-0.39, 0.29) is 12.2 Å². The molecule has 1 atom stereocenters. The molecular formula is C6H12O4S. The Balaban J connectivity index is 2.23. The van der Waals surface area contributed by atoms with Crippen molar-refractivity contribution in [2.24, 2.45) is 0 Å². The molecule has 1 aliphatic rings. The van der Waals surface area contributed by atoms with Gasteiger partial charge in [0, 0.05) is 19.3 Å². The number of hydrogen-bond donors (Lipinski definition) is 3. The Morgan fingerprint density at radius 2 is 2.18 bits per heavy atom. The highest BCUT2D eigenvalue weighted by molar-refractivity contribution is 7.74. The van der Waals surface area contributed by atoms with Crippen LogP contribution < -0.4 is 0 Å². The van der Waals surface area contributed by atoms with Crippen LogP contribution in [-0.4, -0.2) is 28.5 Å². The summed E-state index contributed by atoms with van der Waals surface area (Å²) in [6.45, 7) is -0.238. The molecule has 66 valence electrons. The van der Waals surface area contributed by atoms with E-state index in [0.29, 0.717) is 6.42 Å². The molecule has 0 aromatic heterocycles. The molecule has 4 nitrogen and oxygen atoms in total. The van der Waals surface area contributed by atoms with Crippen molar-refractivity contribution in [1.29, 1.82) is 0 Å². The molecule has 1 rings (SSSR count). The molecule has 5 heteroatoms. The minimum atomic E-state index is -0.721. The summed E-state index contributed by atoms with van der Waals surface area (Å²) in [5, 5.41) is 17.6. The largest absolute Gasteiger partial charge is 0.394 e. The number of rotatable bonds is 5. The second kappa shape index (κ2) is 3.73. The normalized spacial score (nSPS) is 23.2. The molecule has 0 bridgehead atoms. The van der Waals surface area contributed by atoms with Crippen molar-refractivity contribution in [3.05, 3.63) is 0 Å². The molecule has 0 aromatic carbocycles. The fraction of sp³-hybridized carbons (Fsp3) is 1.00. The standard InChI is InChI=1S/C6H12O4S/c7-4-5(8)3-6(1-2-6)9-10-11/h5,7-8,11H,1-4H2/t5-/m1/s1. The summed E-state index contributed by atoms with van der Waals surface area (Å²) >= 11 is 3.44. The quantitative estimate of drug-likeness (QED) is 0.242. The third kappa shape index (κ3) is 2.61. The third-order valence-corrected chi connectivity index (χ3v) is 1.91. The molecule has 0 spiro atoms. The van der Waals surface area contributed by atoms with Crippen LogP contribution in [-0.2, 0) is 9.22 Å². The molecule has 0 aliphatic heterocycles. The fourth-order valence-electron chi connectivity index (χ4n) is 1.03. The Kier molecular flexibility index (Phi) is 3.15. The number of aliphatic hydroxyl groups excluding tert-OH is 2. The summed E-state index contributed by atoms with van der Waals surface area (Å²) in [6.07, 6.45) is 1.39. The maximum atomic E-state index is 9.05. The van der Waals surface area contributed by atoms with Crippen LogP contribution in [0.4, 0.5) is 0 Å². The number of hydrogen-bond acceptors (Lipinski definition) is 5. The van der Waals surface area contributed by atoms with E-state index in [2.05, 4.69) is 17.2 Å². The molecule has 2 N–H and O–H groups in total. The molecule has 0 unspecified atom stereocenters. The predicted octanol–water partition coefficient (Wildman–Crippen LogP) is 0.0553. The molecule has 0 radical (unpaired) electrons. The van der Waals surface area contributed by atoms with Crippen LogP contribution in [0.1, 0.15) is 19.3 Å². The molecule has 1 aliphatic carbocycles. The molecular weight excluding hydrogens is 168 g/mol. The highest BCUT2D eigenvalue weighted by atomic mass is 32.1. The van der Waals surface area contributed by atoms with Crippen molar-refractivity contribution < 1.29 is 19.4 Å². The summed E-state index contributed by atoms with van der Waals surface area (Å²) in [5.74, 6) is 0. The van der Waals surface area contributed by atoms with Gasteiger partial charge in [0.2, 0.25) is 0 Å². The topological polar surface area (TPSA) is 58.9 Å². The second-order valence-corrected chi connectivity index (χ2v) is 3.03. The van der Waals surface area contributed by atoms with Crippen LogP contribution in [0.25, 0.3) is 0 Å². The van der Waals surface area contributed by atoms with Gasteiger partial charge in [-0.25, -0.2) is 4.89 Å². The van der Waals surface area contributed by atoms with Crippen molar-refractivity contribution in [3.8, 4) is 0 Å². The van der Waals surface area contributed by atoms with Crippen LogP contribution in [0.15, 0.2) is 0 Å². The van der Waals surface area contributed by atoms with Crippen molar-refractivity contribution >= 4 is 12.9 Å². The Morgan fingerprint density at radius 3 is 2.55 bits per heavy atom. The minimum Gasteiger partial charge on any atom is -0.394 e. The number of aliphatic hydroxyl groups is 2. The molecule has 0 amide bonds. The van der Waals surface area contributed by atoms with Gasteiger partial charge in [-0.3, -0.25) is 0 Å². The van der Waals surface area contributed by atoms with Crippen LogP contribution in [0.5, 0.6) is 0 Å². The van der Waals surface area contributed by atoms with Gasteiger partial charge < -0.3 is 10.2 Å². The van der Waals surface area contributed by atoms with E-state index in [4.69, 9.17) is 15.1 Å². The van der Waals surface area contributed by atoms with Crippen LogP contribution in [0, 0.1) is 0 Å². The smallest absolute Gasteiger partial charge is 0.108 e. The van der Waals surface area contributed by atoms with Gasteiger partial charge in [-0.15, -0.1) is 0 Å². The van der Waals surface area contributed by atoms with Crippen molar-refractivity contribution in [3.63, 3.8) is 0 Å². The van der Waals surface area contributed by atoms with Gasteiger partial charge >= 0.3 is 0 Å². The third-order valence-electron chi connectivity index (χ3n) is 1.84. The Morgan fingerprint density at radius 1 is 1.55 bits per heavy atom. The predicted molar refractivity (Wildman–Crippen MR) is 40.8 cm³/mol. The minimum absolute atomic E-state index is 0.238. The van der Waals surface area contributed by atoms with Crippen LogP contribution >= 0.6 is 12.9 Å². The number of thiol groups is 1. The van der Waals surface area contributed by atoms with E-state index in [9.17, 15) is 0 Å². The van der Waals surface area contributed by atoms with Gasteiger partial charge in [-0.2, -0.15) is 4.33 Å². The van der Waals surface area contributed by atoms with E-state index in [1.165, 1.54) is 0 Å². The second-order valence-electron chi connectivity index (χ2n) is 2.88. The molecule has 11 heavy (non-hydrogen) atoms. The molecule has 1 saturated carbocycles. The van der Waals surface area contributed by atoms with Crippen molar-refractivity contribution in [2.75, 3.05) is 6.61 Å². The first-order valence-electron chi connectivity index (χ1n) is 3.50. The maximum absolute atomic E-state index is 9.05. The van der Waals surface area contributed by atoms with Crippen molar-refractivity contribution in [1.82, 2.24) is 0 Å². The summed E-state index contributed by atoms with van der Waals surface area (Å²) in [6, 6.07) is 0. The lowest BCUT2D eigenvalue weighted by molar-refractivity contribution is -0.249. The van der Waals surface area contributed by atoms with Gasteiger partial charge in [0.05, 0.1) is 12.7 Å². The first-order chi connectivity index (χ1) is 5.22. The first kappa shape index (κ1) is 9.28. The van der Waals surface area contributed by atoms with E-state index in [1.807, 2.05) is 0 Å². The average Bonchev–Trinajstić information content (AvgIpc) is 2.70. The van der Waals surface area contributed by atoms with Gasteiger partial charge in [-0.05, 0) is 12.8 Å². The SMILES string of the molecule is OC[C@H](O)CC1(OOS)CC1. The van der Waals surface area contributed by atoms with E-state index in [0.717, 1.165) is 12.8 Å². The molecule has 0 aromatic rings. The van der Waals surface area contributed by atoms with Gasteiger partial charge in [0.1, 0.15) is 5.60 Å². The Hall–Kier alpha value is 0.190. The van der Waals surface area contributed by atoms with E-state index in [1.54, 1.807) is 0 Å². The van der Waals surface area contributed by atoms with E-state index < -0.39 is 6.10 Å². The van der Waals surface area contributed by atoms with E-state index >= 15 is 0 Å². The van der Waals surface area contributed by atoms with Crippen LogP contribution in [0.2, 0.25) is 0 Å².